The van der Waals surface area contributed by atoms with Crippen molar-refractivity contribution in [2.24, 2.45) is 0 Å². The first kappa shape index (κ1) is 12.8. The lowest BCUT2D eigenvalue weighted by atomic mass is 10.2. The van der Waals surface area contributed by atoms with Crippen molar-refractivity contribution in [3.63, 3.8) is 0 Å². The first-order valence-electron chi connectivity index (χ1n) is 5.74. The van der Waals surface area contributed by atoms with E-state index >= 15 is 0 Å². The first-order chi connectivity index (χ1) is 8.65. The lowest BCUT2D eigenvalue weighted by Crippen LogP contribution is -2.35. The minimum Gasteiger partial charge on any atom is -0.435 e. The van der Waals surface area contributed by atoms with Gasteiger partial charge in [0.25, 0.3) is 0 Å². The van der Waals surface area contributed by atoms with Gasteiger partial charge in [0.1, 0.15) is 5.75 Å². The van der Waals surface area contributed by atoms with Crippen molar-refractivity contribution in [3.8, 4) is 5.75 Å². The summed E-state index contributed by atoms with van der Waals surface area (Å²) >= 11 is 0. The summed E-state index contributed by atoms with van der Waals surface area (Å²) in [5, 5.41) is 5.73. The zero-order valence-corrected chi connectivity index (χ0v) is 9.66. The van der Waals surface area contributed by atoms with Crippen molar-refractivity contribution in [2.75, 3.05) is 11.9 Å². The minimum atomic E-state index is -2.87. The van der Waals surface area contributed by atoms with Gasteiger partial charge in [0.15, 0.2) is 0 Å². The Hall–Kier alpha value is -1.69. The molecular formula is C12H14F2N2O2. The number of benzene rings is 1. The van der Waals surface area contributed by atoms with Crippen molar-refractivity contribution in [1.82, 2.24) is 5.32 Å². The normalized spacial score (nSPS) is 18.9. The molecule has 18 heavy (non-hydrogen) atoms. The Morgan fingerprint density at radius 1 is 1.50 bits per heavy atom. The summed E-state index contributed by atoms with van der Waals surface area (Å²) in [5.74, 6) is -0.121. The quantitative estimate of drug-likeness (QED) is 0.866. The van der Waals surface area contributed by atoms with E-state index in [2.05, 4.69) is 15.4 Å². The standard InChI is InChI=1S/C12H14F2N2O2/c13-12(14)18-9-4-1-3-8(7-9)16-11(17)10-5-2-6-15-10/h1,3-4,7,10,12,15H,2,5-6H2,(H,16,17). The van der Waals surface area contributed by atoms with Gasteiger partial charge in [0.2, 0.25) is 5.91 Å². The minimum absolute atomic E-state index is 0.0298. The third-order valence-corrected chi connectivity index (χ3v) is 2.70. The van der Waals surface area contributed by atoms with Crippen LogP contribution in [0.5, 0.6) is 5.75 Å². The molecular weight excluding hydrogens is 242 g/mol. The van der Waals surface area contributed by atoms with Gasteiger partial charge in [0, 0.05) is 11.8 Å². The van der Waals surface area contributed by atoms with Crippen LogP contribution in [-0.4, -0.2) is 25.1 Å². The van der Waals surface area contributed by atoms with Crippen molar-refractivity contribution in [2.45, 2.75) is 25.5 Å². The molecule has 98 valence electrons. The highest BCUT2D eigenvalue weighted by molar-refractivity contribution is 5.95. The molecule has 0 saturated carbocycles. The van der Waals surface area contributed by atoms with Crippen LogP contribution in [-0.2, 0) is 4.79 Å². The van der Waals surface area contributed by atoms with E-state index in [9.17, 15) is 13.6 Å². The molecule has 1 aliphatic rings. The fraction of sp³-hybridized carbons (Fsp3) is 0.417. The maximum Gasteiger partial charge on any atom is 0.387 e. The maximum absolute atomic E-state index is 12.0. The number of nitrogens with one attached hydrogen (secondary N) is 2. The van der Waals surface area contributed by atoms with Gasteiger partial charge in [-0.15, -0.1) is 0 Å². The third-order valence-electron chi connectivity index (χ3n) is 2.70. The van der Waals surface area contributed by atoms with Gasteiger partial charge in [-0.2, -0.15) is 8.78 Å². The second kappa shape index (κ2) is 5.77. The molecule has 6 heteroatoms. The summed E-state index contributed by atoms with van der Waals surface area (Å²) in [7, 11) is 0. The number of alkyl halides is 2. The summed E-state index contributed by atoms with van der Waals surface area (Å²) in [6.45, 7) is -2.04. The van der Waals surface area contributed by atoms with Crippen LogP contribution in [0.25, 0.3) is 0 Å². The SMILES string of the molecule is O=C(Nc1cccc(OC(F)F)c1)C1CCCN1. The maximum atomic E-state index is 12.0. The van der Waals surface area contributed by atoms with Crippen LogP contribution in [0.1, 0.15) is 12.8 Å². The number of hydrogen-bond acceptors (Lipinski definition) is 3. The lowest BCUT2D eigenvalue weighted by Gasteiger charge is -2.12. The van der Waals surface area contributed by atoms with E-state index in [1.165, 1.54) is 12.1 Å². The topological polar surface area (TPSA) is 50.4 Å². The molecule has 0 aromatic heterocycles. The zero-order chi connectivity index (χ0) is 13.0. The van der Waals surface area contributed by atoms with E-state index in [4.69, 9.17) is 0 Å². The number of carbonyl (C=O) groups excluding carboxylic acids is 1. The second-order valence-electron chi connectivity index (χ2n) is 4.04. The summed E-state index contributed by atoms with van der Waals surface area (Å²) < 4.78 is 28.3. The predicted octanol–water partition coefficient (Wildman–Crippen LogP) is 1.98. The molecule has 0 aliphatic carbocycles. The van der Waals surface area contributed by atoms with E-state index in [0.717, 1.165) is 19.4 Å². The highest BCUT2D eigenvalue weighted by Gasteiger charge is 2.21. The van der Waals surface area contributed by atoms with Gasteiger partial charge in [-0.25, -0.2) is 0 Å². The highest BCUT2D eigenvalue weighted by Crippen LogP contribution is 2.20. The number of carbonyl (C=O) groups is 1. The molecule has 0 spiro atoms. The van der Waals surface area contributed by atoms with Gasteiger partial charge in [-0.3, -0.25) is 4.79 Å². The largest absolute Gasteiger partial charge is 0.435 e. The van der Waals surface area contributed by atoms with Crippen molar-refractivity contribution in [3.05, 3.63) is 24.3 Å². The van der Waals surface area contributed by atoms with Gasteiger partial charge < -0.3 is 15.4 Å². The first-order valence-corrected chi connectivity index (χ1v) is 5.74. The van der Waals surface area contributed by atoms with E-state index in [0.29, 0.717) is 5.69 Å². The van der Waals surface area contributed by atoms with Crippen LogP contribution in [0.4, 0.5) is 14.5 Å². The van der Waals surface area contributed by atoms with Crippen LogP contribution in [0.3, 0.4) is 0 Å². The Morgan fingerprint density at radius 2 is 2.33 bits per heavy atom. The Labute approximate surface area is 103 Å². The molecule has 1 amide bonds. The fourth-order valence-electron chi connectivity index (χ4n) is 1.89. The van der Waals surface area contributed by atoms with Gasteiger partial charge in [-0.1, -0.05) is 6.07 Å². The fourth-order valence-corrected chi connectivity index (χ4v) is 1.89. The Morgan fingerprint density at radius 3 is 3.00 bits per heavy atom. The predicted molar refractivity (Wildman–Crippen MR) is 62.7 cm³/mol. The van der Waals surface area contributed by atoms with E-state index < -0.39 is 6.61 Å². The van der Waals surface area contributed by atoms with E-state index in [1.807, 2.05) is 0 Å². The Balaban J connectivity index is 1.97. The molecule has 0 bridgehead atoms. The Kier molecular flexibility index (Phi) is 4.09. The summed E-state index contributed by atoms with van der Waals surface area (Å²) in [5.41, 5.74) is 0.451. The van der Waals surface area contributed by atoms with Crippen molar-refractivity contribution in [1.29, 1.82) is 0 Å². The molecule has 2 rings (SSSR count). The lowest BCUT2D eigenvalue weighted by molar-refractivity contribution is -0.117. The van der Waals surface area contributed by atoms with Crippen molar-refractivity contribution < 1.29 is 18.3 Å². The molecule has 1 aromatic rings. The molecule has 1 aliphatic heterocycles. The van der Waals surface area contributed by atoms with E-state index in [1.54, 1.807) is 12.1 Å². The average molecular weight is 256 g/mol. The van der Waals surface area contributed by atoms with Gasteiger partial charge >= 0.3 is 6.61 Å². The smallest absolute Gasteiger partial charge is 0.387 e. The van der Waals surface area contributed by atoms with Crippen LogP contribution >= 0.6 is 0 Å². The number of anilines is 1. The summed E-state index contributed by atoms with van der Waals surface area (Å²) in [4.78, 5) is 11.8. The van der Waals surface area contributed by atoms with Crippen LogP contribution in [0.2, 0.25) is 0 Å². The molecule has 4 nitrogen and oxygen atoms in total. The second-order valence-corrected chi connectivity index (χ2v) is 4.04. The molecule has 1 saturated heterocycles. The van der Waals surface area contributed by atoms with Gasteiger partial charge in [0.05, 0.1) is 6.04 Å². The molecule has 1 unspecified atom stereocenters. The number of halogens is 2. The summed E-state index contributed by atoms with van der Waals surface area (Å²) in [6, 6.07) is 5.76. The van der Waals surface area contributed by atoms with Crippen molar-refractivity contribution >= 4 is 11.6 Å². The zero-order valence-electron chi connectivity index (χ0n) is 9.66. The monoisotopic (exact) mass is 256 g/mol. The van der Waals surface area contributed by atoms with Crippen LogP contribution in [0, 0.1) is 0 Å². The number of hydrogen-bond donors (Lipinski definition) is 2. The molecule has 1 fully saturated rings. The van der Waals surface area contributed by atoms with Crippen LogP contribution < -0.4 is 15.4 Å². The molecule has 1 atom stereocenters. The highest BCUT2D eigenvalue weighted by atomic mass is 19.3. The van der Waals surface area contributed by atoms with E-state index in [-0.39, 0.29) is 17.7 Å². The molecule has 0 radical (unpaired) electrons. The van der Waals surface area contributed by atoms with Crippen LogP contribution in [0.15, 0.2) is 24.3 Å². The molecule has 1 heterocycles. The third kappa shape index (κ3) is 3.40. The summed E-state index contributed by atoms with van der Waals surface area (Å²) in [6.07, 6.45) is 1.76. The average Bonchev–Trinajstić information content (AvgIpc) is 2.81. The number of ether oxygens (including phenoxy) is 1. The molecule has 2 N–H and O–H groups in total. The molecule has 1 aromatic carbocycles. The Bertz CT molecular complexity index is 420. The number of rotatable bonds is 4. The number of amides is 1. The van der Waals surface area contributed by atoms with Gasteiger partial charge in [-0.05, 0) is 31.5 Å².